The van der Waals surface area contributed by atoms with E-state index in [1.165, 1.54) is 22.9 Å². The Bertz CT molecular complexity index is 1810. The van der Waals surface area contributed by atoms with Crippen molar-refractivity contribution in [2.24, 2.45) is 0 Å². The van der Waals surface area contributed by atoms with E-state index in [0.29, 0.717) is 55.5 Å². The highest BCUT2D eigenvalue weighted by atomic mass is 79.9. The number of amides is 2. The Morgan fingerprint density at radius 2 is 1.81 bits per heavy atom. The highest BCUT2D eigenvalue weighted by Gasteiger charge is 2.30. The number of thioether (sulfide) groups is 1. The van der Waals surface area contributed by atoms with Crippen molar-refractivity contribution in [3.63, 3.8) is 0 Å². The van der Waals surface area contributed by atoms with Gasteiger partial charge in [-0.25, -0.2) is 4.98 Å². The third kappa shape index (κ3) is 6.31. The van der Waals surface area contributed by atoms with Gasteiger partial charge in [0.25, 0.3) is 5.91 Å². The highest BCUT2D eigenvalue weighted by Crippen LogP contribution is 2.29. The van der Waals surface area contributed by atoms with Crippen LogP contribution in [0.2, 0.25) is 0 Å². The molecule has 0 saturated carbocycles. The number of halogens is 1. The van der Waals surface area contributed by atoms with Crippen molar-refractivity contribution in [2.75, 3.05) is 25.4 Å². The average Bonchev–Trinajstić information content (AvgIpc) is 3.32. The summed E-state index contributed by atoms with van der Waals surface area (Å²) in [6.07, 6.45) is 1.16. The van der Waals surface area contributed by atoms with Gasteiger partial charge in [0.05, 0.1) is 5.52 Å². The molecular formula is C33H33BrN6O2S. The molecule has 0 spiro atoms. The molecule has 1 saturated heterocycles. The first-order valence-corrected chi connectivity index (χ1v) is 16.3. The van der Waals surface area contributed by atoms with E-state index in [0.717, 1.165) is 26.5 Å². The number of fused-ring (bicyclic) bond motifs is 3. The second-order valence-corrected chi connectivity index (χ2v) is 12.9. The maximum absolute atomic E-state index is 13.0. The van der Waals surface area contributed by atoms with Crippen LogP contribution in [0.4, 0.5) is 0 Å². The van der Waals surface area contributed by atoms with Crippen LogP contribution in [0.1, 0.15) is 41.3 Å². The van der Waals surface area contributed by atoms with Gasteiger partial charge in [0.1, 0.15) is 5.52 Å². The molecule has 3 aromatic carbocycles. The fourth-order valence-electron chi connectivity index (χ4n) is 5.69. The van der Waals surface area contributed by atoms with Gasteiger partial charge in [0, 0.05) is 59.8 Å². The van der Waals surface area contributed by atoms with Gasteiger partial charge < -0.3 is 14.4 Å². The maximum atomic E-state index is 13.0. The van der Waals surface area contributed by atoms with E-state index in [4.69, 9.17) is 4.98 Å². The summed E-state index contributed by atoms with van der Waals surface area (Å²) in [5.74, 6) is 0.837. The Labute approximate surface area is 263 Å². The molecule has 0 bridgehead atoms. The monoisotopic (exact) mass is 656 g/mol. The fraction of sp³-hybridized carbons (Fsp3) is 0.303. The molecule has 1 unspecified atom stereocenters. The number of hydrogen-bond donors (Lipinski definition) is 0. The molecule has 1 aliphatic heterocycles. The van der Waals surface area contributed by atoms with Crippen LogP contribution in [-0.2, 0) is 11.3 Å². The summed E-state index contributed by atoms with van der Waals surface area (Å²) >= 11 is 4.97. The van der Waals surface area contributed by atoms with Gasteiger partial charge >= 0.3 is 0 Å². The van der Waals surface area contributed by atoms with Crippen molar-refractivity contribution in [3.05, 3.63) is 94.0 Å². The number of para-hydroxylation sites is 1. The van der Waals surface area contributed by atoms with Gasteiger partial charge in [-0.1, -0.05) is 76.2 Å². The van der Waals surface area contributed by atoms with E-state index < -0.39 is 0 Å². The number of aryl methyl sites for hydroxylation is 1. The van der Waals surface area contributed by atoms with Crippen LogP contribution in [0.15, 0.2) is 82.4 Å². The zero-order valence-electron chi connectivity index (χ0n) is 24.2. The number of hydrogen-bond acceptors (Lipinski definition) is 6. The van der Waals surface area contributed by atoms with E-state index in [2.05, 4.69) is 74.0 Å². The van der Waals surface area contributed by atoms with Crippen LogP contribution in [0, 0.1) is 6.92 Å². The second kappa shape index (κ2) is 12.9. The standard InChI is InChI=1S/C33H33BrN6O2S/c1-22-9-3-4-10-25(22)21-40-28-14-6-5-13-27(28)30-31(40)35-33(37-36-30)43-18-8-15-29(41)38-16-17-39(23(2)20-38)32(42)24-11-7-12-26(34)19-24/h3-7,9-14,19,23H,8,15-18,20-21H2,1-2H3. The van der Waals surface area contributed by atoms with Crippen molar-refractivity contribution in [1.82, 2.24) is 29.5 Å². The van der Waals surface area contributed by atoms with Crippen molar-refractivity contribution in [1.29, 1.82) is 0 Å². The van der Waals surface area contributed by atoms with Crippen LogP contribution in [0.5, 0.6) is 0 Å². The van der Waals surface area contributed by atoms with Crippen LogP contribution in [-0.4, -0.2) is 72.8 Å². The molecule has 220 valence electrons. The van der Waals surface area contributed by atoms with Gasteiger partial charge in [-0.15, -0.1) is 10.2 Å². The van der Waals surface area contributed by atoms with Crippen LogP contribution >= 0.6 is 27.7 Å². The van der Waals surface area contributed by atoms with Gasteiger partial charge in [0.2, 0.25) is 11.1 Å². The summed E-state index contributed by atoms with van der Waals surface area (Å²) < 4.78 is 3.10. The molecule has 5 aromatic rings. The lowest BCUT2D eigenvalue weighted by Gasteiger charge is -2.40. The fourth-order valence-corrected chi connectivity index (χ4v) is 6.81. The normalized spacial score (nSPS) is 15.4. The summed E-state index contributed by atoms with van der Waals surface area (Å²) in [6.45, 7) is 6.45. The lowest BCUT2D eigenvalue weighted by molar-refractivity contribution is -0.133. The highest BCUT2D eigenvalue weighted by molar-refractivity contribution is 9.10. The Morgan fingerprint density at radius 1 is 1.00 bits per heavy atom. The molecule has 8 nitrogen and oxygen atoms in total. The van der Waals surface area contributed by atoms with Crippen LogP contribution in [0.3, 0.4) is 0 Å². The quantitative estimate of drug-likeness (QED) is 0.143. The van der Waals surface area contributed by atoms with Crippen molar-refractivity contribution in [2.45, 2.75) is 44.4 Å². The van der Waals surface area contributed by atoms with E-state index in [-0.39, 0.29) is 17.9 Å². The minimum atomic E-state index is -0.0452. The third-order valence-corrected chi connectivity index (χ3v) is 9.44. The number of carbonyl (C=O) groups is 2. The number of piperazine rings is 1. The van der Waals surface area contributed by atoms with E-state index in [1.807, 2.05) is 53.1 Å². The smallest absolute Gasteiger partial charge is 0.254 e. The predicted octanol–water partition coefficient (Wildman–Crippen LogP) is 6.34. The van der Waals surface area contributed by atoms with Crippen LogP contribution in [0.25, 0.3) is 22.1 Å². The number of nitrogens with zero attached hydrogens (tertiary/aromatic N) is 6. The average molecular weight is 658 g/mol. The van der Waals surface area contributed by atoms with Crippen molar-refractivity contribution < 1.29 is 9.59 Å². The molecule has 1 fully saturated rings. The largest absolute Gasteiger partial charge is 0.339 e. The van der Waals surface area contributed by atoms with Gasteiger partial charge in [-0.3, -0.25) is 9.59 Å². The minimum Gasteiger partial charge on any atom is -0.339 e. The zero-order valence-corrected chi connectivity index (χ0v) is 26.6. The molecule has 43 heavy (non-hydrogen) atoms. The summed E-state index contributed by atoms with van der Waals surface area (Å²) in [7, 11) is 0. The first-order chi connectivity index (χ1) is 20.9. The van der Waals surface area contributed by atoms with Crippen molar-refractivity contribution >= 4 is 61.6 Å². The van der Waals surface area contributed by atoms with Gasteiger partial charge in [-0.2, -0.15) is 0 Å². The van der Waals surface area contributed by atoms with Gasteiger partial charge in [0.15, 0.2) is 5.65 Å². The number of aromatic nitrogens is 4. The summed E-state index contributed by atoms with van der Waals surface area (Å²) in [5, 5.41) is 10.6. The second-order valence-electron chi connectivity index (χ2n) is 10.9. The number of benzene rings is 3. The molecule has 2 aromatic heterocycles. The first-order valence-electron chi connectivity index (χ1n) is 14.5. The lowest BCUT2D eigenvalue weighted by atomic mass is 10.1. The first kappa shape index (κ1) is 29.3. The Hall–Kier alpha value is -3.76. The number of carbonyl (C=O) groups excluding carboxylic acids is 2. The van der Waals surface area contributed by atoms with E-state index in [1.54, 1.807) is 0 Å². The van der Waals surface area contributed by atoms with E-state index in [9.17, 15) is 9.59 Å². The summed E-state index contributed by atoms with van der Waals surface area (Å²) in [4.78, 5) is 34.7. The lowest BCUT2D eigenvalue weighted by Crippen LogP contribution is -2.55. The SMILES string of the molecule is Cc1ccccc1Cn1c2ccccc2c2nnc(SCCCC(=O)N3CCN(C(=O)c4cccc(Br)c4)C(C)C3)nc21. The predicted molar refractivity (Wildman–Crippen MR) is 174 cm³/mol. The molecule has 2 amide bonds. The Morgan fingerprint density at radius 3 is 2.63 bits per heavy atom. The van der Waals surface area contributed by atoms with Crippen molar-refractivity contribution in [3.8, 4) is 0 Å². The Kier molecular flexibility index (Phi) is 8.76. The minimum absolute atomic E-state index is 0.000759. The Balaban J connectivity index is 1.06. The molecule has 1 aliphatic rings. The summed E-state index contributed by atoms with van der Waals surface area (Å²) in [6, 6.07) is 24.0. The molecule has 0 N–H and O–H groups in total. The topological polar surface area (TPSA) is 84.2 Å². The molecule has 0 radical (unpaired) electrons. The molecule has 0 aliphatic carbocycles. The van der Waals surface area contributed by atoms with Gasteiger partial charge in [-0.05, 0) is 55.7 Å². The number of rotatable bonds is 8. The zero-order chi connectivity index (χ0) is 29.9. The maximum Gasteiger partial charge on any atom is 0.254 e. The molecular weight excluding hydrogens is 624 g/mol. The third-order valence-electron chi connectivity index (χ3n) is 8.02. The van der Waals surface area contributed by atoms with E-state index >= 15 is 0 Å². The molecule has 10 heteroatoms. The molecule has 6 rings (SSSR count). The molecule has 3 heterocycles. The summed E-state index contributed by atoms with van der Waals surface area (Å²) in [5.41, 5.74) is 5.84. The van der Waals surface area contributed by atoms with Crippen LogP contribution < -0.4 is 0 Å². The molecule has 1 atom stereocenters.